The summed E-state index contributed by atoms with van der Waals surface area (Å²) in [6.07, 6.45) is -2.39. The van der Waals surface area contributed by atoms with Crippen LogP contribution in [-0.4, -0.2) is 65.6 Å². The number of hydroxylamine groups is 2. The zero-order valence-electron chi connectivity index (χ0n) is 17.6. The molecular weight excluding hydrogens is 386 g/mol. The molecule has 3 rings (SSSR count). The highest BCUT2D eigenvalue weighted by atomic mass is 16.7. The summed E-state index contributed by atoms with van der Waals surface area (Å²) < 4.78 is 21.5. The molecule has 5 atom stereocenters. The molecule has 0 aromatic rings. The Morgan fingerprint density at radius 1 is 0.931 bits per heavy atom. The van der Waals surface area contributed by atoms with Crippen LogP contribution >= 0.6 is 0 Å². The van der Waals surface area contributed by atoms with E-state index in [1.54, 1.807) is 20.8 Å². The minimum absolute atomic E-state index is 0.120. The van der Waals surface area contributed by atoms with E-state index in [-0.39, 0.29) is 6.61 Å². The molecule has 0 N–H and O–H groups in total. The van der Waals surface area contributed by atoms with E-state index in [9.17, 15) is 19.2 Å². The van der Waals surface area contributed by atoms with Crippen molar-refractivity contribution in [3.63, 3.8) is 0 Å². The Balaban J connectivity index is 2.42. The topological polar surface area (TPSA) is 118 Å². The number of esters is 3. The number of fused-ring (bicyclic) bond motifs is 4. The van der Waals surface area contributed by atoms with Crippen LogP contribution in [0.2, 0.25) is 0 Å². The van der Waals surface area contributed by atoms with E-state index >= 15 is 0 Å². The van der Waals surface area contributed by atoms with Crippen molar-refractivity contribution >= 4 is 24.0 Å². The predicted molar refractivity (Wildman–Crippen MR) is 97.2 cm³/mol. The first kappa shape index (κ1) is 22.9. The zero-order valence-corrected chi connectivity index (χ0v) is 17.6. The second-order valence-corrected chi connectivity index (χ2v) is 8.21. The number of nitrogens with zero attached hydrogens (tertiary/aromatic N) is 1. The molecule has 1 aliphatic carbocycles. The molecule has 2 heterocycles. The predicted octanol–water partition coefficient (Wildman–Crippen LogP) is 1.74. The van der Waals surface area contributed by atoms with Crippen molar-refractivity contribution in [2.45, 2.75) is 84.3 Å². The highest BCUT2D eigenvalue weighted by Crippen LogP contribution is 2.39. The summed E-state index contributed by atoms with van der Waals surface area (Å²) >= 11 is 0. The van der Waals surface area contributed by atoms with Gasteiger partial charge >= 0.3 is 24.0 Å². The van der Waals surface area contributed by atoms with Crippen molar-refractivity contribution < 1.29 is 43.0 Å². The van der Waals surface area contributed by atoms with E-state index in [0.29, 0.717) is 12.8 Å². The lowest BCUT2D eigenvalue weighted by Gasteiger charge is -2.38. The fourth-order valence-electron chi connectivity index (χ4n) is 3.58. The summed E-state index contributed by atoms with van der Waals surface area (Å²) in [5.74, 6) is -2.35. The smallest absolute Gasteiger partial charge is 0.434 e. The van der Waals surface area contributed by atoms with Gasteiger partial charge in [0, 0.05) is 20.8 Å². The van der Waals surface area contributed by atoms with E-state index in [0.717, 1.165) is 5.06 Å². The molecule has 0 aromatic carbocycles. The van der Waals surface area contributed by atoms with E-state index in [1.165, 1.54) is 20.8 Å². The fraction of sp³-hybridized carbons (Fsp3) is 0.789. The van der Waals surface area contributed by atoms with Crippen molar-refractivity contribution in [1.29, 1.82) is 0 Å². The molecule has 0 unspecified atom stereocenters. The average molecular weight is 415 g/mol. The lowest BCUT2D eigenvalue weighted by molar-refractivity contribution is -0.239. The van der Waals surface area contributed by atoms with Gasteiger partial charge in [-0.1, -0.05) is 0 Å². The highest BCUT2D eigenvalue weighted by Gasteiger charge is 2.55. The van der Waals surface area contributed by atoms with Gasteiger partial charge in [-0.3, -0.25) is 19.2 Å². The maximum absolute atomic E-state index is 12.7. The molecule has 3 aliphatic rings. The van der Waals surface area contributed by atoms with Crippen LogP contribution in [0, 0.1) is 5.92 Å². The van der Waals surface area contributed by atoms with E-state index < -0.39 is 59.9 Å². The third kappa shape index (κ3) is 6.06. The Labute approximate surface area is 169 Å². The molecule has 164 valence electrons. The van der Waals surface area contributed by atoms with E-state index in [4.69, 9.17) is 23.8 Å². The number of amides is 1. The van der Waals surface area contributed by atoms with Crippen molar-refractivity contribution in [3.05, 3.63) is 0 Å². The summed E-state index contributed by atoms with van der Waals surface area (Å²) in [5, 5.41) is 1.05. The molecule has 0 radical (unpaired) electrons. The lowest BCUT2D eigenvalue weighted by atomic mass is 9.93. The lowest BCUT2D eigenvalue weighted by Crippen LogP contribution is -2.53. The molecule has 29 heavy (non-hydrogen) atoms. The summed E-state index contributed by atoms with van der Waals surface area (Å²) in [5.41, 5.74) is -0.769. The van der Waals surface area contributed by atoms with Crippen LogP contribution in [-0.2, 0) is 38.2 Å². The van der Waals surface area contributed by atoms with Gasteiger partial charge < -0.3 is 18.9 Å². The average Bonchev–Trinajstić information content (AvgIpc) is 2.75. The second kappa shape index (κ2) is 8.98. The first-order chi connectivity index (χ1) is 13.4. The molecule has 1 amide bonds. The number of hydrogen-bond donors (Lipinski definition) is 0. The van der Waals surface area contributed by atoms with Crippen LogP contribution in [0.15, 0.2) is 0 Å². The van der Waals surface area contributed by atoms with Gasteiger partial charge in [-0.05, 0) is 33.6 Å². The number of rotatable bonds is 4. The quantitative estimate of drug-likeness (QED) is 0.500. The summed E-state index contributed by atoms with van der Waals surface area (Å²) in [6, 6.07) is -0.725. The third-order valence-electron chi connectivity index (χ3n) is 4.56. The van der Waals surface area contributed by atoms with Crippen molar-refractivity contribution in [2.24, 2.45) is 5.92 Å². The molecule has 0 aromatic heterocycles. The van der Waals surface area contributed by atoms with Crippen molar-refractivity contribution in [2.75, 3.05) is 6.61 Å². The molecular formula is C19H29NO9. The van der Waals surface area contributed by atoms with Crippen LogP contribution in [0.3, 0.4) is 0 Å². The first-order valence-electron chi connectivity index (χ1n) is 9.56. The van der Waals surface area contributed by atoms with Crippen LogP contribution in [0.5, 0.6) is 0 Å². The van der Waals surface area contributed by atoms with E-state index in [1.807, 2.05) is 0 Å². The molecule has 1 saturated carbocycles. The van der Waals surface area contributed by atoms with Crippen LogP contribution < -0.4 is 0 Å². The SMILES string of the molecule is CC(=O)OC[C@H]1[C@H](OC(C)=O)[C@H](OC(C)=O)[C@@H]2CC[C@H]1ON2C(=O)OC(C)(C)C. The van der Waals surface area contributed by atoms with Crippen LogP contribution in [0.4, 0.5) is 4.79 Å². The molecule has 2 aliphatic heterocycles. The molecule has 2 saturated heterocycles. The highest BCUT2D eigenvalue weighted by molar-refractivity contribution is 5.69. The molecule has 2 bridgehead atoms. The largest absolute Gasteiger partial charge is 0.465 e. The van der Waals surface area contributed by atoms with Crippen LogP contribution in [0.1, 0.15) is 54.4 Å². The van der Waals surface area contributed by atoms with Gasteiger partial charge in [0.25, 0.3) is 0 Å². The molecule has 10 nitrogen and oxygen atoms in total. The minimum Gasteiger partial charge on any atom is -0.465 e. The van der Waals surface area contributed by atoms with Gasteiger partial charge in [-0.2, -0.15) is 5.06 Å². The first-order valence-corrected chi connectivity index (χ1v) is 9.56. The number of carbonyl (C=O) groups excluding carboxylic acids is 4. The van der Waals surface area contributed by atoms with Gasteiger partial charge in [0.05, 0.1) is 12.0 Å². The van der Waals surface area contributed by atoms with Crippen molar-refractivity contribution in [3.8, 4) is 0 Å². The Kier molecular flexibility index (Phi) is 7.10. The van der Waals surface area contributed by atoms with Crippen LogP contribution in [0.25, 0.3) is 0 Å². The normalized spacial score (nSPS) is 28.9. The molecule has 0 spiro atoms. The zero-order chi connectivity index (χ0) is 21.9. The maximum Gasteiger partial charge on any atom is 0.434 e. The van der Waals surface area contributed by atoms with Gasteiger partial charge in [-0.25, -0.2) is 4.79 Å². The number of ether oxygens (including phenoxy) is 4. The summed E-state index contributed by atoms with van der Waals surface area (Å²) in [7, 11) is 0. The standard InChI is InChI=1S/C19H29NO9/c1-10(21)25-9-13-15-8-7-14(20(29-15)18(24)28-19(4,5)6)17(27-12(3)23)16(13)26-11(2)22/h13-17H,7-9H2,1-6H3/t13-,14+,15-,16+,17-/m1/s1. The van der Waals surface area contributed by atoms with Gasteiger partial charge in [0.15, 0.2) is 6.10 Å². The molecule has 10 heteroatoms. The second-order valence-electron chi connectivity index (χ2n) is 8.21. The Morgan fingerprint density at radius 2 is 1.52 bits per heavy atom. The number of carbonyl (C=O) groups is 4. The minimum atomic E-state index is -1.00. The molecule has 3 fully saturated rings. The van der Waals surface area contributed by atoms with Gasteiger partial charge in [0.2, 0.25) is 0 Å². The monoisotopic (exact) mass is 415 g/mol. The number of hydrogen-bond acceptors (Lipinski definition) is 9. The summed E-state index contributed by atoms with van der Waals surface area (Å²) in [4.78, 5) is 53.5. The Bertz CT molecular complexity index is 657. The maximum atomic E-state index is 12.7. The Hall–Kier alpha value is -2.36. The Morgan fingerprint density at radius 3 is 2.03 bits per heavy atom. The summed E-state index contributed by atoms with van der Waals surface area (Å²) in [6.45, 7) is 8.74. The van der Waals surface area contributed by atoms with Gasteiger partial charge in [0.1, 0.15) is 24.4 Å². The fourth-order valence-corrected chi connectivity index (χ4v) is 3.58. The third-order valence-corrected chi connectivity index (χ3v) is 4.56. The van der Waals surface area contributed by atoms with Crippen molar-refractivity contribution in [1.82, 2.24) is 5.06 Å². The van der Waals surface area contributed by atoms with E-state index in [2.05, 4.69) is 0 Å². The van der Waals surface area contributed by atoms with Gasteiger partial charge in [-0.15, -0.1) is 0 Å².